The van der Waals surface area contributed by atoms with E-state index in [9.17, 15) is 0 Å². The van der Waals surface area contributed by atoms with Crippen LogP contribution in [0.5, 0.6) is 0 Å². The van der Waals surface area contributed by atoms with Crippen LogP contribution in [-0.4, -0.2) is 12.0 Å². The van der Waals surface area contributed by atoms with Crippen molar-refractivity contribution in [3.05, 3.63) is 42.2 Å². The van der Waals surface area contributed by atoms with Crippen LogP contribution in [0.25, 0.3) is 10.8 Å². The average Bonchev–Trinajstić information content (AvgIpc) is 2.55. The Kier molecular flexibility index (Phi) is 6.19. The van der Waals surface area contributed by atoms with Gasteiger partial charge in [0.25, 0.3) is 0 Å². The van der Waals surface area contributed by atoms with Gasteiger partial charge in [0.05, 0.1) is 11.7 Å². The summed E-state index contributed by atoms with van der Waals surface area (Å²) in [6.45, 7) is 4.58. The second kappa shape index (κ2) is 8.14. The van der Waals surface area contributed by atoms with Crippen molar-refractivity contribution in [1.29, 1.82) is 0 Å². The first-order chi connectivity index (χ1) is 10.3. The third-order valence-corrected chi connectivity index (χ3v) is 4.50. The summed E-state index contributed by atoms with van der Waals surface area (Å²) in [5.41, 5.74) is 1.20. The minimum absolute atomic E-state index is 0.345. The van der Waals surface area contributed by atoms with Gasteiger partial charge in [0.2, 0.25) is 0 Å². The summed E-state index contributed by atoms with van der Waals surface area (Å²) in [4.78, 5) is 4.68. The van der Waals surface area contributed by atoms with Crippen molar-refractivity contribution in [2.45, 2.75) is 52.0 Å². The van der Waals surface area contributed by atoms with Crippen LogP contribution in [0.3, 0.4) is 0 Å². The van der Waals surface area contributed by atoms with Gasteiger partial charge in [-0.3, -0.25) is 4.98 Å². The smallest absolute Gasteiger partial charge is 0.0651 e. The number of pyridine rings is 1. The number of nitrogens with one attached hydrogen (secondary N) is 1. The normalized spacial score (nSPS) is 14.2. The summed E-state index contributed by atoms with van der Waals surface area (Å²) in [7, 11) is 2.06. The molecular formula is C19H28N2. The first-order valence-corrected chi connectivity index (χ1v) is 8.31. The first-order valence-electron chi connectivity index (χ1n) is 8.31. The Labute approximate surface area is 129 Å². The van der Waals surface area contributed by atoms with E-state index in [1.807, 2.05) is 6.20 Å². The second-order valence-corrected chi connectivity index (χ2v) is 5.91. The van der Waals surface area contributed by atoms with Crippen molar-refractivity contribution in [1.82, 2.24) is 10.3 Å². The molecule has 21 heavy (non-hydrogen) atoms. The highest BCUT2D eigenvalue weighted by atomic mass is 14.9. The lowest BCUT2D eigenvalue weighted by Gasteiger charge is -2.23. The molecule has 2 nitrogen and oxygen atoms in total. The molecule has 0 bridgehead atoms. The maximum absolute atomic E-state index is 4.68. The summed E-state index contributed by atoms with van der Waals surface area (Å²) >= 11 is 0. The van der Waals surface area contributed by atoms with Gasteiger partial charge in [-0.05, 0) is 30.8 Å². The Hall–Kier alpha value is -1.41. The summed E-state index contributed by atoms with van der Waals surface area (Å²) < 4.78 is 0. The van der Waals surface area contributed by atoms with E-state index in [-0.39, 0.29) is 0 Å². The van der Waals surface area contributed by atoms with E-state index in [0.29, 0.717) is 6.04 Å². The molecule has 2 aromatic rings. The minimum atomic E-state index is 0.345. The zero-order valence-corrected chi connectivity index (χ0v) is 13.6. The predicted molar refractivity (Wildman–Crippen MR) is 91.5 cm³/mol. The van der Waals surface area contributed by atoms with Crippen molar-refractivity contribution in [2.75, 3.05) is 7.05 Å². The molecule has 2 unspecified atom stereocenters. The van der Waals surface area contributed by atoms with E-state index >= 15 is 0 Å². The van der Waals surface area contributed by atoms with Gasteiger partial charge in [0, 0.05) is 11.6 Å². The lowest BCUT2D eigenvalue weighted by atomic mass is 9.89. The fraction of sp³-hybridized carbons (Fsp3) is 0.526. The van der Waals surface area contributed by atoms with E-state index in [2.05, 4.69) is 61.5 Å². The molecule has 2 rings (SSSR count). The molecule has 1 N–H and O–H groups in total. The van der Waals surface area contributed by atoms with Gasteiger partial charge < -0.3 is 5.32 Å². The molecule has 2 atom stereocenters. The number of nitrogens with zero attached hydrogens (tertiary/aromatic N) is 1. The fourth-order valence-electron chi connectivity index (χ4n) is 3.10. The van der Waals surface area contributed by atoms with Gasteiger partial charge in [-0.25, -0.2) is 0 Å². The zero-order chi connectivity index (χ0) is 15.1. The van der Waals surface area contributed by atoms with Gasteiger partial charge >= 0.3 is 0 Å². The quantitative estimate of drug-likeness (QED) is 0.729. The average molecular weight is 284 g/mol. The maximum atomic E-state index is 4.68. The number of aromatic nitrogens is 1. The molecule has 0 aliphatic rings. The Balaban J connectivity index is 2.22. The summed E-state index contributed by atoms with van der Waals surface area (Å²) in [5.74, 6) is 0.781. The molecule has 1 heterocycles. The molecule has 0 aliphatic carbocycles. The number of benzene rings is 1. The standard InChI is InChI=1S/C19H28N2/c1-4-6-9-15(5-2)14-18(20-3)19-17-11-8-7-10-16(17)12-13-21-19/h7-8,10-13,15,18,20H,4-6,9,14H2,1-3H3. The van der Waals surface area contributed by atoms with E-state index in [1.165, 1.54) is 48.6 Å². The lowest BCUT2D eigenvalue weighted by molar-refractivity contribution is 0.362. The Morgan fingerprint density at radius 2 is 1.95 bits per heavy atom. The van der Waals surface area contributed by atoms with Crippen LogP contribution >= 0.6 is 0 Å². The van der Waals surface area contributed by atoms with Crippen LogP contribution in [0, 0.1) is 5.92 Å². The number of hydrogen-bond acceptors (Lipinski definition) is 2. The lowest BCUT2D eigenvalue weighted by Crippen LogP contribution is -2.21. The summed E-state index contributed by atoms with van der Waals surface area (Å²) in [6, 6.07) is 11.0. The Bertz CT molecular complexity index is 545. The van der Waals surface area contributed by atoms with E-state index in [1.54, 1.807) is 0 Å². The van der Waals surface area contributed by atoms with Crippen LogP contribution in [0.1, 0.15) is 57.7 Å². The molecule has 0 saturated heterocycles. The van der Waals surface area contributed by atoms with Crippen molar-refractivity contribution in [3.8, 4) is 0 Å². The highest BCUT2D eigenvalue weighted by Crippen LogP contribution is 2.29. The van der Waals surface area contributed by atoms with Crippen molar-refractivity contribution in [2.24, 2.45) is 5.92 Å². The fourth-order valence-corrected chi connectivity index (χ4v) is 3.10. The molecule has 0 saturated carbocycles. The van der Waals surface area contributed by atoms with Crippen molar-refractivity contribution in [3.63, 3.8) is 0 Å². The first kappa shape index (κ1) is 16.0. The van der Waals surface area contributed by atoms with Crippen molar-refractivity contribution >= 4 is 10.8 Å². The van der Waals surface area contributed by atoms with Crippen LogP contribution < -0.4 is 5.32 Å². The zero-order valence-electron chi connectivity index (χ0n) is 13.6. The van der Waals surface area contributed by atoms with Crippen LogP contribution in [0.2, 0.25) is 0 Å². The molecular weight excluding hydrogens is 256 g/mol. The molecule has 0 spiro atoms. The van der Waals surface area contributed by atoms with E-state index in [4.69, 9.17) is 0 Å². The molecule has 0 amide bonds. The molecule has 1 aromatic heterocycles. The summed E-state index contributed by atoms with van der Waals surface area (Å²) in [6.07, 6.45) is 8.31. The van der Waals surface area contributed by atoms with Gasteiger partial charge in [0.1, 0.15) is 0 Å². The molecule has 1 aromatic carbocycles. The van der Waals surface area contributed by atoms with Gasteiger partial charge in [-0.2, -0.15) is 0 Å². The van der Waals surface area contributed by atoms with Gasteiger partial charge in [-0.15, -0.1) is 0 Å². The number of rotatable bonds is 8. The molecule has 2 heteroatoms. The highest BCUT2D eigenvalue weighted by Gasteiger charge is 2.18. The molecule has 114 valence electrons. The van der Waals surface area contributed by atoms with Gasteiger partial charge in [0.15, 0.2) is 0 Å². The SMILES string of the molecule is CCCCC(CC)CC(NC)c1nccc2ccccc12. The largest absolute Gasteiger partial charge is 0.312 e. The minimum Gasteiger partial charge on any atom is -0.312 e. The number of hydrogen-bond donors (Lipinski definition) is 1. The third kappa shape index (κ3) is 4.04. The monoisotopic (exact) mass is 284 g/mol. The van der Waals surface area contributed by atoms with Crippen LogP contribution in [-0.2, 0) is 0 Å². The molecule has 0 fully saturated rings. The maximum Gasteiger partial charge on any atom is 0.0651 e. The number of unbranched alkanes of at least 4 members (excludes halogenated alkanes) is 1. The predicted octanol–water partition coefficient (Wildman–Crippen LogP) is 5.10. The molecule has 0 aliphatic heterocycles. The third-order valence-electron chi connectivity index (χ3n) is 4.50. The van der Waals surface area contributed by atoms with Crippen molar-refractivity contribution < 1.29 is 0 Å². The van der Waals surface area contributed by atoms with Crippen LogP contribution in [0.4, 0.5) is 0 Å². The summed E-state index contributed by atoms with van der Waals surface area (Å²) in [5, 5.41) is 6.05. The Morgan fingerprint density at radius 1 is 1.14 bits per heavy atom. The van der Waals surface area contributed by atoms with Gasteiger partial charge in [-0.1, -0.05) is 63.8 Å². The topological polar surface area (TPSA) is 24.9 Å². The molecule has 0 radical (unpaired) electrons. The number of fused-ring (bicyclic) bond motifs is 1. The van der Waals surface area contributed by atoms with Crippen LogP contribution in [0.15, 0.2) is 36.5 Å². The van der Waals surface area contributed by atoms with E-state index in [0.717, 1.165) is 5.92 Å². The highest BCUT2D eigenvalue weighted by molar-refractivity contribution is 5.84. The Morgan fingerprint density at radius 3 is 2.67 bits per heavy atom. The van der Waals surface area contributed by atoms with E-state index < -0.39 is 0 Å². The second-order valence-electron chi connectivity index (χ2n) is 5.91.